The maximum absolute atomic E-state index is 13.0. The summed E-state index contributed by atoms with van der Waals surface area (Å²) < 4.78 is 7.02. The van der Waals surface area contributed by atoms with Crippen LogP contribution in [0.1, 0.15) is 11.5 Å². The van der Waals surface area contributed by atoms with Crippen LogP contribution in [-0.2, 0) is 6.42 Å². The van der Waals surface area contributed by atoms with Gasteiger partial charge in [-0.1, -0.05) is 36.4 Å². The number of nitrogens with zero attached hydrogens (tertiary/aromatic N) is 2. The van der Waals surface area contributed by atoms with Gasteiger partial charge in [-0.05, 0) is 29.1 Å². The van der Waals surface area contributed by atoms with E-state index in [1.165, 1.54) is 0 Å². The summed E-state index contributed by atoms with van der Waals surface area (Å²) in [6.07, 6.45) is 3.80. The van der Waals surface area contributed by atoms with E-state index < -0.39 is 0 Å². The van der Waals surface area contributed by atoms with Gasteiger partial charge in [0.2, 0.25) is 0 Å². The normalized spacial score (nSPS) is 11.3. The molecule has 0 amide bonds. The minimum Gasteiger partial charge on any atom is -0.469 e. The first-order valence-electron chi connectivity index (χ1n) is 8.55. The van der Waals surface area contributed by atoms with Crippen molar-refractivity contribution in [3.63, 3.8) is 0 Å². The van der Waals surface area contributed by atoms with E-state index in [-0.39, 0.29) is 5.56 Å². The first-order chi connectivity index (χ1) is 13.3. The highest BCUT2D eigenvalue weighted by molar-refractivity contribution is 7.13. The van der Waals surface area contributed by atoms with Crippen LogP contribution in [0.25, 0.3) is 27.6 Å². The topological polar surface area (TPSA) is 63.8 Å². The Morgan fingerprint density at radius 1 is 1.07 bits per heavy atom. The highest BCUT2D eigenvalue weighted by atomic mass is 32.1. The first kappa shape index (κ1) is 15.8. The summed E-state index contributed by atoms with van der Waals surface area (Å²) >= 11 is 1.61. The third-order valence-corrected chi connectivity index (χ3v) is 5.34. The molecule has 0 radical (unpaired) electrons. The fraction of sp³-hybridized carbons (Fsp3) is 0.0476. The van der Waals surface area contributed by atoms with Gasteiger partial charge in [0.05, 0.1) is 23.3 Å². The smallest absolute Gasteiger partial charge is 0.278 e. The third-order valence-electron chi connectivity index (χ3n) is 4.45. The predicted molar refractivity (Wildman–Crippen MR) is 106 cm³/mol. The summed E-state index contributed by atoms with van der Waals surface area (Å²) in [6.45, 7) is 0. The van der Waals surface area contributed by atoms with Gasteiger partial charge in [0.1, 0.15) is 17.1 Å². The lowest BCUT2D eigenvalue weighted by atomic mass is 10.1. The van der Waals surface area contributed by atoms with Crippen molar-refractivity contribution in [2.24, 2.45) is 0 Å². The summed E-state index contributed by atoms with van der Waals surface area (Å²) in [7, 11) is 0. The molecule has 4 heterocycles. The standard InChI is InChI=1S/C21H15N3O2S/c25-21-16(12-15-8-4-10-26-15)23-20-19(18-9-5-11-27-18)22-17(13-24(20)21)14-6-2-1-3-7-14/h1-11,13,22H,12H2. The fourth-order valence-electron chi connectivity index (χ4n) is 3.16. The minimum atomic E-state index is -0.120. The monoisotopic (exact) mass is 373 g/mol. The molecule has 0 spiro atoms. The average molecular weight is 373 g/mol. The Morgan fingerprint density at radius 2 is 1.96 bits per heavy atom. The van der Waals surface area contributed by atoms with E-state index in [0.29, 0.717) is 17.9 Å². The van der Waals surface area contributed by atoms with Gasteiger partial charge in [-0.3, -0.25) is 9.36 Å². The number of aromatic amines is 1. The number of fused-ring (bicyclic) bond motifs is 1. The van der Waals surface area contributed by atoms with Crippen LogP contribution in [-0.4, -0.2) is 14.5 Å². The van der Waals surface area contributed by atoms with Crippen LogP contribution >= 0.6 is 11.3 Å². The van der Waals surface area contributed by atoms with Crippen molar-refractivity contribution >= 4 is 11.3 Å². The summed E-state index contributed by atoms with van der Waals surface area (Å²) in [6, 6.07) is 17.6. The second-order valence-electron chi connectivity index (χ2n) is 6.20. The fourth-order valence-corrected chi connectivity index (χ4v) is 3.88. The molecule has 27 heavy (non-hydrogen) atoms. The van der Waals surface area contributed by atoms with E-state index in [2.05, 4.69) is 9.97 Å². The molecular weight excluding hydrogens is 358 g/mol. The van der Waals surface area contributed by atoms with E-state index in [9.17, 15) is 4.79 Å². The molecule has 5 rings (SSSR count). The Labute approximate surface area is 158 Å². The van der Waals surface area contributed by atoms with Gasteiger partial charge >= 0.3 is 0 Å². The molecule has 2 aromatic heterocycles. The summed E-state index contributed by atoms with van der Waals surface area (Å²) in [4.78, 5) is 22.2. The maximum atomic E-state index is 13.0. The largest absolute Gasteiger partial charge is 0.469 e. The number of benzene rings is 1. The molecule has 6 heteroatoms. The molecule has 1 N–H and O–H groups in total. The van der Waals surface area contributed by atoms with E-state index in [4.69, 9.17) is 4.42 Å². The molecule has 0 saturated carbocycles. The number of H-pyrrole nitrogens is 1. The highest BCUT2D eigenvalue weighted by Crippen LogP contribution is 2.31. The van der Waals surface area contributed by atoms with E-state index >= 15 is 0 Å². The number of imidazole rings is 1. The number of nitrogens with one attached hydrogen (secondary N) is 1. The Bertz CT molecular complexity index is 1200. The van der Waals surface area contributed by atoms with Gasteiger partial charge in [-0.25, -0.2) is 4.98 Å². The van der Waals surface area contributed by atoms with Crippen LogP contribution in [0.3, 0.4) is 0 Å². The van der Waals surface area contributed by atoms with Crippen LogP contribution in [0, 0.1) is 0 Å². The molecular formula is C21H15N3O2S. The Morgan fingerprint density at radius 3 is 2.70 bits per heavy atom. The Hall–Kier alpha value is -3.38. The zero-order valence-electron chi connectivity index (χ0n) is 14.3. The lowest BCUT2D eigenvalue weighted by Crippen LogP contribution is -2.16. The van der Waals surface area contributed by atoms with Crippen molar-refractivity contribution < 1.29 is 4.42 Å². The molecule has 0 fully saturated rings. The molecule has 0 saturated heterocycles. The Kier molecular flexibility index (Phi) is 3.76. The van der Waals surface area contributed by atoms with Crippen molar-refractivity contribution in [2.45, 2.75) is 6.42 Å². The molecule has 5 nitrogen and oxygen atoms in total. The highest BCUT2D eigenvalue weighted by Gasteiger charge is 2.21. The van der Waals surface area contributed by atoms with Crippen LogP contribution in [0.15, 0.2) is 81.6 Å². The number of thiophene rings is 1. The van der Waals surface area contributed by atoms with Crippen molar-refractivity contribution in [2.75, 3.05) is 0 Å². The third kappa shape index (κ3) is 2.80. The van der Waals surface area contributed by atoms with Crippen molar-refractivity contribution in [1.29, 1.82) is 0 Å². The lowest BCUT2D eigenvalue weighted by Gasteiger charge is -2.12. The summed E-state index contributed by atoms with van der Waals surface area (Å²) in [5.74, 6) is 1.35. The van der Waals surface area contributed by atoms with Gasteiger partial charge in [-0.15, -0.1) is 11.3 Å². The molecule has 2 aliphatic heterocycles. The van der Waals surface area contributed by atoms with Crippen molar-refractivity contribution in [3.05, 3.63) is 94.2 Å². The second kappa shape index (κ2) is 6.41. The van der Waals surface area contributed by atoms with Gasteiger partial charge in [0.15, 0.2) is 5.82 Å². The second-order valence-corrected chi connectivity index (χ2v) is 7.15. The summed E-state index contributed by atoms with van der Waals surface area (Å²) in [5, 5.41) is 2.01. The number of hydrogen-bond donors (Lipinski definition) is 1. The van der Waals surface area contributed by atoms with Crippen molar-refractivity contribution in [3.8, 4) is 27.6 Å². The first-order valence-corrected chi connectivity index (χ1v) is 9.43. The van der Waals surface area contributed by atoms with E-state index in [1.54, 1.807) is 22.2 Å². The SMILES string of the molecule is O=c1c(Cc2ccco2)nc2c(-c3cccs3)[nH]c(-c3ccccc3)cn1-2. The van der Waals surface area contributed by atoms with Gasteiger partial charge in [0.25, 0.3) is 5.56 Å². The van der Waals surface area contributed by atoms with Crippen LogP contribution in [0.4, 0.5) is 0 Å². The van der Waals surface area contributed by atoms with Crippen LogP contribution < -0.4 is 5.56 Å². The van der Waals surface area contributed by atoms with Gasteiger partial charge in [-0.2, -0.15) is 0 Å². The number of rotatable bonds is 4. The van der Waals surface area contributed by atoms with E-state index in [1.807, 2.05) is 66.2 Å². The molecule has 3 aromatic rings. The quantitative estimate of drug-likeness (QED) is 0.502. The predicted octanol–water partition coefficient (Wildman–Crippen LogP) is 4.58. The maximum Gasteiger partial charge on any atom is 0.278 e. The lowest BCUT2D eigenvalue weighted by molar-refractivity contribution is 0.519. The molecule has 0 aliphatic carbocycles. The van der Waals surface area contributed by atoms with Crippen LogP contribution in [0.2, 0.25) is 0 Å². The minimum absolute atomic E-state index is 0.120. The van der Waals surface area contributed by atoms with Crippen LogP contribution in [0.5, 0.6) is 0 Å². The van der Waals surface area contributed by atoms with Crippen molar-refractivity contribution in [1.82, 2.24) is 14.5 Å². The number of hydrogen-bond acceptors (Lipinski definition) is 4. The zero-order chi connectivity index (χ0) is 18.2. The van der Waals surface area contributed by atoms with Gasteiger partial charge < -0.3 is 9.40 Å². The Balaban J connectivity index is 1.74. The number of furan rings is 1. The zero-order valence-corrected chi connectivity index (χ0v) is 15.1. The molecule has 1 aromatic carbocycles. The van der Waals surface area contributed by atoms with E-state index in [0.717, 1.165) is 27.6 Å². The molecule has 132 valence electrons. The van der Waals surface area contributed by atoms with Gasteiger partial charge in [0, 0.05) is 6.20 Å². The molecule has 0 atom stereocenters. The molecule has 0 unspecified atom stereocenters. The number of aromatic nitrogens is 3. The summed E-state index contributed by atoms with van der Waals surface area (Å²) in [5.41, 5.74) is 3.07. The molecule has 2 aliphatic rings. The average Bonchev–Trinajstić information content (AvgIpc) is 3.46. The molecule has 0 bridgehead atoms.